The van der Waals surface area contributed by atoms with E-state index in [1.165, 1.54) is 17.4 Å². The lowest BCUT2D eigenvalue weighted by Crippen LogP contribution is -2.18. The molecule has 3 aromatic rings. The number of thiazole rings is 1. The van der Waals surface area contributed by atoms with Crippen LogP contribution in [0.15, 0.2) is 51.1 Å². The average Bonchev–Trinajstić information content (AvgIpc) is 3.43. The number of aryl methyl sites for hydroxylation is 1. The minimum absolute atomic E-state index is 0.252. The molecule has 1 amide bonds. The smallest absolute Gasteiger partial charge is 0.275 e. The molecule has 0 bridgehead atoms. The molecule has 1 aromatic carbocycles. The molecule has 28 heavy (non-hydrogen) atoms. The molecule has 8 heteroatoms. The number of rotatable bonds is 5. The van der Waals surface area contributed by atoms with Crippen molar-refractivity contribution in [3.8, 4) is 10.8 Å². The predicted octanol–water partition coefficient (Wildman–Crippen LogP) is 4.68. The van der Waals surface area contributed by atoms with Gasteiger partial charge in [-0.25, -0.2) is 13.4 Å². The molecule has 0 unspecified atom stereocenters. The molecule has 146 valence electrons. The summed E-state index contributed by atoms with van der Waals surface area (Å²) in [5.74, 6) is 1.00. The van der Waals surface area contributed by atoms with Gasteiger partial charge in [-0.1, -0.05) is 18.9 Å². The summed E-state index contributed by atoms with van der Waals surface area (Å²) in [5.41, 5.74) is 0.700. The van der Waals surface area contributed by atoms with Crippen LogP contribution in [0.3, 0.4) is 0 Å². The molecule has 4 rings (SSSR count). The van der Waals surface area contributed by atoms with E-state index in [4.69, 9.17) is 4.42 Å². The molecule has 1 aliphatic rings. The van der Waals surface area contributed by atoms with Gasteiger partial charge in [0.2, 0.25) is 0 Å². The highest BCUT2D eigenvalue weighted by Crippen LogP contribution is 2.31. The maximum absolute atomic E-state index is 12.8. The van der Waals surface area contributed by atoms with Crippen LogP contribution in [0.2, 0.25) is 0 Å². The van der Waals surface area contributed by atoms with Crippen molar-refractivity contribution < 1.29 is 17.6 Å². The summed E-state index contributed by atoms with van der Waals surface area (Å²) in [4.78, 5) is 17.1. The van der Waals surface area contributed by atoms with Gasteiger partial charge in [0.25, 0.3) is 5.91 Å². The average molecular weight is 417 g/mol. The van der Waals surface area contributed by atoms with Crippen molar-refractivity contribution in [1.29, 1.82) is 0 Å². The number of nitrogens with one attached hydrogen (secondary N) is 1. The van der Waals surface area contributed by atoms with Gasteiger partial charge in [0.05, 0.1) is 10.1 Å². The van der Waals surface area contributed by atoms with Gasteiger partial charge in [-0.05, 0) is 50.1 Å². The number of anilines is 1. The Morgan fingerprint density at radius 2 is 2.00 bits per heavy atom. The van der Waals surface area contributed by atoms with Crippen molar-refractivity contribution >= 4 is 32.8 Å². The molecule has 0 aliphatic heterocycles. The minimum Gasteiger partial charge on any atom is -0.459 e. The zero-order chi connectivity index (χ0) is 19.7. The standard InChI is InChI=1S/C20H20N2O4S2/c1-13-9-10-18(26-13)20-22-17(12-27-20)19(23)21-14-5-4-8-16(11-14)28(24,25)15-6-2-3-7-15/h4-5,8-12,15H,2-3,6-7H2,1H3,(H,21,23). The third kappa shape index (κ3) is 3.74. The van der Waals surface area contributed by atoms with E-state index < -0.39 is 9.84 Å². The van der Waals surface area contributed by atoms with Gasteiger partial charge in [-0.2, -0.15) is 0 Å². The molecule has 2 aromatic heterocycles. The fourth-order valence-corrected chi connectivity index (χ4v) is 6.04. The first-order valence-corrected chi connectivity index (χ1v) is 11.5. The maximum atomic E-state index is 12.8. The first-order chi connectivity index (χ1) is 13.4. The van der Waals surface area contributed by atoms with Gasteiger partial charge in [0.15, 0.2) is 20.6 Å². The molecular weight excluding hydrogens is 396 g/mol. The highest BCUT2D eigenvalue weighted by molar-refractivity contribution is 7.92. The molecule has 0 radical (unpaired) electrons. The summed E-state index contributed by atoms with van der Waals surface area (Å²) in [7, 11) is -3.37. The van der Waals surface area contributed by atoms with Gasteiger partial charge < -0.3 is 9.73 Å². The van der Waals surface area contributed by atoms with E-state index in [1.54, 1.807) is 23.6 Å². The van der Waals surface area contributed by atoms with Crippen LogP contribution >= 0.6 is 11.3 Å². The van der Waals surface area contributed by atoms with Crippen molar-refractivity contribution in [2.45, 2.75) is 42.8 Å². The second-order valence-corrected chi connectivity index (χ2v) is 9.97. The number of carbonyl (C=O) groups is 1. The largest absolute Gasteiger partial charge is 0.459 e. The van der Waals surface area contributed by atoms with Crippen molar-refractivity contribution in [1.82, 2.24) is 4.98 Å². The second-order valence-electron chi connectivity index (χ2n) is 6.88. The molecule has 1 aliphatic carbocycles. The van der Waals surface area contributed by atoms with E-state index in [-0.39, 0.29) is 21.7 Å². The molecule has 1 fully saturated rings. The first kappa shape index (κ1) is 18.9. The summed E-state index contributed by atoms with van der Waals surface area (Å²) in [5, 5.41) is 4.69. The fourth-order valence-electron chi connectivity index (χ4n) is 3.38. The summed E-state index contributed by atoms with van der Waals surface area (Å²) < 4.78 is 31.1. The molecular formula is C20H20N2O4S2. The van der Waals surface area contributed by atoms with E-state index >= 15 is 0 Å². The Morgan fingerprint density at radius 1 is 1.21 bits per heavy atom. The Morgan fingerprint density at radius 3 is 2.71 bits per heavy atom. The monoisotopic (exact) mass is 416 g/mol. The third-order valence-electron chi connectivity index (χ3n) is 4.85. The maximum Gasteiger partial charge on any atom is 0.275 e. The van der Waals surface area contributed by atoms with Crippen molar-refractivity contribution in [2.24, 2.45) is 0 Å². The highest BCUT2D eigenvalue weighted by Gasteiger charge is 2.30. The SMILES string of the molecule is Cc1ccc(-c2nc(C(=O)Nc3cccc(S(=O)(=O)C4CCCC4)c3)cs2)o1. The van der Waals surface area contributed by atoms with Gasteiger partial charge >= 0.3 is 0 Å². The highest BCUT2D eigenvalue weighted by atomic mass is 32.2. The van der Waals surface area contributed by atoms with Crippen molar-refractivity contribution in [3.05, 3.63) is 53.2 Å². The topological polar surface area (TPSA) is 89.3 Å². The van der Waals surface area contributed by atoms with Crippen LogP contribution in [0.5, 0.6) is 0 Å². The summed E-state index contributed by atoms with van der Waals surface area (Å²) in [6.07, 6.45) is 3.29. The van der Waals surface area contributed by atoms with Gasteiger partial charge in [0.1, 0.15) is 11.5 Å². The van der Waals surface area contributed by atoms with Gasteiger partial charge in [-0.3, -0.25) is 4.79 Å². The molecule has 2 heterocycles. The normalized spacial score (nSPS) is 15.0. The molecule has 1 saturated carbocycles. The second kappa shape index (κ2) is 7.52. The quantitative estimate of drug-likeness (QED) is 0.652. The lowest BCUT2D eigenvalue weighted by Gasteiger charge is -2.12. The van der Waals surface area contributed by atoms with Crippen LogP contribution in [-0.2, 0) is 9.84 Å². The van der Waals surface area contributed by atoms with Crippen LogP contribution < -0.4 is 5.32 Å². The number of furan rings is 1. The number of nitrogens with zero attached hydrogens (tertiary/aromatic N) is 1. The van der Waals surface area contributed by atoms with Crippen LogP contribution in [-0.4, -0.2) is 24.6 Å². The van der Waals surface area contributed by atoms with Gasteiger partial charge in [0, 0.05) is 11.1 Å². The number of amides is 1. The van der Waals surface area contributed by atoms with E-state index in [0.717, 1.165) is 18.6 Å². The number of aromatic nitrogens is 1. The van der Waals surface area contributed by atoms with E-state index in [9.17, 15) is 13.2 Å². The summed E-state index contributed by atoms with van der Waals surface area (Å²) in [6.45, 7) is 1.84. The van der Waals surface area contributed by atoms with Crippen LogP contribution in [0.4, 0.5) is 5.69 Å². The Labute approximate surface area is 167 Å². The number of hydrogen-bond acceptors (Lipinski definition) is 6. The van der Waals surface area contributed by atoms with E-state index in [1.807, 2.05) is 19.1 Å². The molecule has 0 spiro atoms. The number of sulfone groups is 1. The van der Waals surface area contributed by atoms with Crippen LogP contribution in [0.1, 0.15) is 41.9 Å². The number of benzene rings is 1. The molecule has 1 N–H and O–H groups in total. The van der Waals surface area contributed by atoms with E-state index in [0.29, 0.717) is 29.3 Å². The van der Waals surface area contributed by atoms with E-state index in [2.05, 4.69) is 10.3 Å². The van der Waals surface area contributed by atoms with Crippen molar-refractivity contribution in [3.63, 3.8) is 0 Å². The number of carbonyl (C=O) groups excluding carboxylic acids is 1. The summed E-state index contributed by atoms with van der Waals surface area (Å²) >= 11 is 1.32. The van der Waals surface area contributed by atoms with Crippen LogP contribution in [0.25, 0.3) is 10.8 Å². The first-order valence-electron chi connectivity index (χ1n) is 9.11. The fraction of sp³-hybridized carbons (Fsp3) is 0.300. The Hall–Kier alpha value is -2.45. The molecule has 6 nitrogen and oxygen atoms in total. The minimum atomic E-state index is -3.37. The zero-order valence-corrected chi connectivity index (χ0v) is 17.0. The third-order valence-corrected chi connectivity index (χ3v) is 7.97. The summed E-state index contributed by atoms with van der Waals surface area (Å²) in [6, 6.07) is 10.1. The lowest BCUT2D eigenvalue weighted by molar-refractivity contribution is 0.102. The Kier molecular flexibility index (Phi) is 5.07. The Balaban J connectivity index is 1.52. The molecule has 0 saturated heterocycles. The lowest BCUT2D eigenvalue weighted by atomic mass is 10.3. The van der Waals surface area contributed by atoms with Gasteiger partial charge in [-0.15, -0.1) is 11.3 Å². The van der Waals surface area contributed by atoms with Crippen LogP contribution in [0, 0.1) is 6.92 Å². The predicted molar refractivity (Wildman–Crippen MR) is 108 cm³/mol. The number of hydrogen-bond donors (Lipinski definition) is 1. The zero-order valence-electron chi connectivity index (χ0n) is 15.3. The molecule has 0 atom stereocenters. The van der Waals surface area contributed by atoms with Crippen molar-refractivity contribution in [2.75, 3.05) is 5.32 Å². The Bertz CT molecular complexity index is 1110.